The Morgan fingerprint density at radius 3 is 2.42 bits per heavy atom. The van der Waals surface area contributed by atoms with Gasteiger partial charge in [-0.1, -0.05) is 27.2 Å². The fourth-order valence-electron chi connectivity index (χ4n) is 3.97. The number of nitrogens with one attached hydrogen (secondary N) is 2. The fraction of sp³-hybridized carbons (Fsp3) is 0.895. The van der Waals surface area contributed by atoms with Gasteiger partial charge in [-0.05, 0) is 36.5 Å². The van der Waals surface area contributed by atoms with Crippen LogP contribution in [0, 0.1) is 17.3 Å². The summed E-state index contributed by atoms with van der Waals surface area (Å²) < 4.78 is 5.63. The zero-order valence-corrected chi connectivity index (χ0v) is 19.5. The molecule has 0 heterocycles. The van der Waals surface area contributed by atoms with Crippen LogP contribution in [0.4, 0.5) is 0 Å². The number of hydrogen-bond acceptors (Lipinski definition) is 3. The SMILES string of the molecule is COC(CNC(=NCC(=O)N(C)C)NC1CC2CCC1C2)C(C)(C)C.I. The summed E-state index contributed by atoms with van der Waals surface area (Å²) in [5, 5.41) is 6.99. The average Bonchev–Trinajstić information content (AvgIpc) is 3.13. The fourth-order valence-corrected chi connectivity index (χ4v) is 3.97. The molecule has 2 bridgehead atoms. The van der Waals surface area contributed by atoms with Crippen LogP contribution in [0.1, 0.15) is 46.5 Å². The van der Waals surface area contributed by atoms with Crippen molar-refractivity contribution in [3.05, 3.63) is 0 Å². The molecule has 2 saturated carbocycles. The molecule has 2 N–H and O–H groups in total. The number of likely N-dealkylation sites (N-methyl/N-ethyl adjacent to an activating group) is 1. The van der Waals surface area contributed by atoms with E-state index in [4.69, 9.17) is 4.74 Å². The number of amides is 1. The van der Waals surface area contributed by atoms with Crippen molar-refractivity contribution >= 4 is 35.8 Å². The standard InChI is InChI=1S/C19H36N4O2.HI/c1-19(2,3)16(25-6)11-20-18(21-12-17(24)23(4)5)22-15-10-13-7-8-14(15)9-13;/h13-16H,7-12H2,1-6H3,(H2,20,21,22);1H. The van der Waals surface area contributed by atoms with E-state index in [9.17, 15) is 4.79 Å². The second kappa shape index (κ2) is 10.1. The summed E-state index contributed by atoms with van der Waals surface area (Å²) in [5.41, 5.74) is 0.0404. The number of rotatable bonds is 6. The van der Waals surface area contributed by atoms with Gasteiger partial charge in [0.15, 0.2) is 5.96 Å². The van der Waals surface area contributed by atoms with Gasteiger partial charge in [0.2, 0.25) is 5.91 Å². The van der Waals surface area contributed by atoms with Crippen molar-refractivity contribution in [3.8, 4) is 0 Å². The molecule has 152 valence electrons. The van der Waals surface area contributed by atoms with E-state index in [0.29, 0.717) is 12.6 Å². The lowest BCUT2D eigenvalue weighted by Crippen LogP contribution is -2.49. The number of guanidine groups is 1. The average molecular weight is 480 g/mol. The molecule has 6 nitrogen and oxygen atoms in total. The number of ether oxygens (including phenoxy) is 1. The van der Waals surface area contributed by atoms with E-state index < -0.39 is 0 Å². The Bertz CT molecular complexity index is 490. The predicted molar refractivity (Wildman–Crippen MR) is 117 cm³/mol. The van der Waals surface area contributed by atoms with E-state index in [1.807, 2.05) is 0 Å². The van der Waals surface area contributed by atoms with Crippen molar-refractivity contribution in [2.75, 3.05) is 34.3 Å². The molecule has 2 aliphatic carbocycles. The number of hydrogen-bond donors (Lipinski definition) is 2. The Morgan fingerprint density at radius 1 is 1.27 bits per heavy atom. The number of nitrogens with zero attached hydrogens (tertiary/aromatic N) is 2. The summed E-state index contributed by atoms with van der Waals surface area (Å²) in [7, 11) is 5.26. The highest BCUT2D eigenvalue weighted by Crippen LogP contribution is 2.44. The first-order valence-corrected chi connectivity index (χ1v) is 9.48. The number of halogens is 1. The van der Waals surface area contributed by atoms with Crippen LogP contribution in [0.25, 0.3) is 0 Å². The van der Waals surface area contributed by atoms with Gasteiger partial charge in [0.05, 0.1) is 6.10 Å². The third-order valence-electron chi connectivity index (χ3n) is 5.64. The quantitative estimate of drug-likeness (QED) is 0.348. The summed E-state index contributed by atoms with van der Waals surface area (Å²) in [4.78, 5) is 18.0. The first-order valence-electron chi connectivity index (χ1n) is 9.48. The summed E-state index contributed by atoms with van der Waals surface area (Å²) in [5.74, 6) is 2.36. The molecular formula is C19H37IN4O2. The maximum absolute atomic E-state index is 11.9. The van der Waals surface area contributed by atoms with E-state index in [-0.39, 0.29) is 47.9 Å². The normalized spacial score (nSPS) is 26.2. The molecule has 0 saturated heterocycles. The van der Waals surface area contributed by atoms with Gasteiger partial charge in [0, 0.05) is 33.8 Å². The van der Waals surface area contributed by atoms with Crippen LogP contribution in [-0.4, -0.2) is 63.2 Å². The molecule has 0 aromatic heterocycles. The smallest absolute Gasteiger partial charge is 0.243 e. The minimum Gasteiger partial charge on any atom is -0.379 e. The van der Waals surface area contributed by atoms with E-state index >= 15 is 0 Å². The van der Waals surface area contributed by atoms with Crippen molar-refractivity contribution in [1.82, 2.24) is 15.5 Å². The number of fused-ring (bicyclic) bond motifs is 2. The third-order valence-corrected chi connectivity index (χ3v) is 5.64. The molecular weight excluding hydrogens is 443 g/mol. The Balaban J connectivity index is 0.00000338. The van der Waals surface area contributed by atoms with Crippen LogP contribution in [0.5, 0.6) is 0 Å². The van der Waals surface area contributed by atoms with Crippen molar-refractivity contribution in [1.29, 1.82) is 0 Å². The number of carbonyl (C=O) groups is 1. The Kier molecular flexibility index (Phi) is 9.12. The molecule has 4 unspecified atom stereocenters. The largest absolute Gasteiger partial charge is 0.379 e. The van der Waals surface area contributed by atoms with Crippen LogP contribution in [0.2, 0.25) is 0 Å². The molecule has 1 amide bonds. The van der Waals surface area contributed by atoms with Crippen LogP contribution in [0.15, 0.2) is 4.99 Å². The van der Waals surface area contributed by atoms with Crippen LogP contribution in [-0.2, 0) is 9.53 Å². The molecule has 26 heavy (non-hydrogen) atoms. The Labute approximate surface area is 175 Å². The van der Waals surface area contributed by atoms with Gasteiger partial charge < -0.3 is 20.3 Å². The van der Waals surface area contributed by atoms with Crippen LogP contribution in [0.3, 0.4) is 0 Å². The lowest BCUT2D eigenvalue weighted by Gasteiger charge is -2.31. The van der Waals surface area contributed by atoms with Gasteiger partial charge >= 0.3 is 0 Å². The third kappa shape index (κ3) is 6.55. The van der Waals surface area contributed by atoms with Crippen molar-refractivity contribution in [2.24, 2.45) is 22.2 Å². The van der Waals surface area contributed by atoms with Crippen molar-refractivity contribution in [2.45, 2.75) is 58.6 Å². The maximum Gasteiger partial charge on any atom is 0.243 e. The highest BCUT2D eigenvalue weighted by Gasteiger charge is 2.40. The van der Waals surface area contributed by atoms with Gasteiger partial charge in [0.25, 0.3) is 0 Å². The van der Waals surface area contributed by atoms with E-state index in [0.717, 1.165) is 17.8 Å². The molecule has 0 spiro atoms. The molecule has 4 atom stereocenters. The predicted octanol–water partition coefficient (Wildman–Crippen LogP) is 2.48. The van der Waals surface area contributed by atoms with Gasteiger partial charge in [-0.25, -0.2) is 4.99 Å². The number of carbonyl (C=O) groups excluding carboxylic acids is 1. The first kappa shape index (κ1) is 23.5. The van der Waals surface area contributed by atoms with Crippen molar-refractivity contribution in [3.63, 3.8) is 0 Å². The second-order valence-corrected chi connectivity index (χ2v) is 8.85. The van der Waals surface area contributed by atoms with Crippen LogP contribution < -0.4 is 10.6 Å². The number of methoxy groups -OCH3 is 1. The lowest BCUT2D eigenvalue weighted by molar-refractivity contribution is -0.127. The highest BCUT2D eigenvalue weighted by molar-refractivity contribution is 14.0. The second-order valence-electron chi connectivity index (χ2n) is 8.85. The maximum atomic E-state index is 11.9. The van der Waals surface area contributed by atoms with E-state index in [1.165, 1.54) is 25.7 Å². The Morgan fingerprint density at radius 2 is 1.96 bits per heavy atom. The van der Waals surface area contributed by atoms with E-state index in [1.54, 1.807) is 26.1 Å². The molecule has 0 aliphatic heterocycles. The summed E-state index contributed by atoms with van der Waals surface area (Å²) in [6.45, 7) is 7.33. The Hall–Kier alpha value is -0.570. The summed E-state index contributed by atoms with van der Waals surface area (Å²) in [6, 6.07) is 0.482. The minimum absolute atomic E-state index is 0. The number of aliphatic imine (C=N–C) groups is 1. The lowest BCUT2D eigenvalue weighted by atomic mass is 9.89. The van der Waals surface area contributed by atoms with Gasteiger partial charge in [-0.3, -0.25) is 4.79 Å². The van der Waals surface area contributed by atoms with Crippen LogP contribution >= 0.6 is 24.0 Å². The molecule has 7 heteroatoms. The van der Waals surface area contributed by atoms with Gasteiger partial charge in [0.1, 0.15) is 6.54 Å². The first-order chi connectivity index (χ1) is 11.7. The molecule has 0 aromatic rings. The molecule has 0 aromatic carbocycles. The zero-order valence-electron chi connectivity index (χ0n) is 17.2. The van der Waals surface area contributed by atoms with Gasteiger partial charge in [-0.2, -0.15) is 0 Å². The highest BCUT2D eigenvalue weighted by atomic mass is 127. The monoisotopic (exact) mass is 480 g/mol. The van der Waals surface area contributed by atoms with E-state index in [2.05, 4.69) is 36.4 Å². The molecule has 2 rings (SSSR count). The molecule has 0 radical (unpaired) electrons. The summed E-state index contributed by atoms with van der Waals surface area (Å²) in [6.07, 6.45) is 5.32. The topological polar surface area (TPSA) is 66.0 Å². The van der Waals surface area contributed by atoms with Gasteiger partial charge in [-0.15, -0.1) is 24.0 Å². The molecule has 2 aliphatic rings. The molecule has 2 fully saturated rings. The van der Waals surface area contributed by atoms with Crippen molar-refractivity contribution < 1.29 is 9.53 Å². The zero-order chi connectivity index (χ0) is 18.6. The minimum atomic E-state index is 0. The summed E-state index contributed by atoms with van der Waals surface area (Å²) >= 11 is 0.